The van der Waals surface area contributed by atoms with Gasteiger partial charge in [-0.05, 0) is 13.3 Å². The second-order valence-electron chi connectivity index (χ2n) is 5.35. The minimum Gasteiger partial charge on any atom is -0.412 e. The Morgan fingerprint density at radius 3 is 2.21 bits per heavy atom. The molecule has 7 nitrogen and oxygen atoms in total. The fourth-order valence-electron chi connectivity index (χ4n) is 2.39. The van der Waals surface area contributed by atoms with Gasteiger partial charge in [-0.15, -0.1) is 0 Å². The van der Waals surface area contributed by atoms with E-state index in [1.165, 1.54) is 4.90 Å². The Bertz CT molecular complexity index is 394. The highest BCUT2D eigenvalue weighted by atomic mass is 16.6. The number of epoxide rings is 2. The van der Waals surface area contributed by atoms with E-state index in [1.807, 2.05) is 13.8 Å². The van der Waals surface area contributed by atoms with Gasteiger partial charge in [-0.2, -0.15) is 0 Å². The molecule has 3 atom stereocenters. The van der Waals surface area contributed by atoms with Crippen molar-refractivity contribution in [2.75, 3.05) is 26.3 Å². The highest BCUT2D eigenvalue weighted by Crippen LogP contribution is 2.33. The van der Waals surface area contributed by atoms with E-state index in [-0.39, 0.29) is 29.6 Å². The van der Waals surface area contributed by atoms with Crippen LogP contribution in [0.2, 0.25) is 0 Å². The van der Waals surface area contributed by atoms with Crippen molar-refractivity contribution in [3.63, 3.8) is 0 Å². The number of ether oxygens (including phenoxy) is 2. The molecule has 0 aliphatic carbocycles. The molecule has 3 saturated heterocycles. The molecule has 3 unspecified atom stereocenters. The van der Waals surface area contributed by atoms with E-state index < -0.39 is 5.54 Å². The van der Waals surface area contributed by atoms with Gasteiger partial charge in [0.1, 0.15) is 5.54 Å². The summed E-state index contributed by atoms with van der Waals surface area (Å²) < 4.78 is 10.3. The van der Waals surface area contributed by atoms with Crippen LogP contribution in [0.4, 0.5) is 4.79 Å². The van der Waals surface area contributed by atoms with Crippen LogP contribution in [0.1, 0.15) is 20.3 Å². The maximum atomic E-state index is 12.4. The van der Waals surface area contributed by atoms with Crippen molar-refractivity contribution >= 4 is 11.9 Å². The number of carbonyl (C=O) groups excluding carboxylic acids is 2. The number of hydrogen-bond donors (Lipinski definition) is 0. The maximum Gasteiger partial charge on any atom is 0.327 e. The van der Waals surface area contributed by atoms with Crippen molar-refractivity contribution in [3.8, 4) is 0 Å². The molecule has 3 fully saturated rings. The lowest BCUT2D eigenvalue weighted by Gasteiger charge is -2.30. The average molecular weight is 272 g/mol. The average Bonchev–Trinajstić information content (AvgIpc) is 3.24. The Balaban J connectivity index is 0.00000133. The fraction of sp³-hybridized carbons (Fsp3) is 0.833. The summed E-state index contributed by atoms with van der Waals surface area (Å²) in [4.78, 5) is 27.7. The maximum absolute atomic E-state index is 12.4. The molecule has 0 bridgehead atoms. The number of amides is 3. The third-order valence-electron chi connectivity index (χ3n) is 4.03. The molecule has 3 aliphatic heterocycles. The molecule has 0 aromatic rings. The summed E-state index contributed by atoms with van der Waals surface area (Å²) in [5, 5.41) is 0. The monoisotopic (exact) mass is 272 g/mol. The van der Waals surface area contributed by atoms with Crippen LogP contribution in [0.5, 0.6) is 0 Å². The number of rotatable bonds is 5. The molecule has 3 amide bonds. The third kappa shape index (κ3) is 2.33. The molecule has 3 aliphatic rings. The minimum absolute atomic E-state index is 0. The van der Waals surface area contributed by atoms with Crippen LogP contribution >= 0.6 is 0 Å². The van der Waals surface area contributed by atoms with Gasteiger partial charge in [0.2, 0.25) is 0 Å². The van der Waals surface area contributed by atoms with Crippen LogP contribution < -0.4 is 0 Å². The molecule has 0 radical (unpaired) electrons. The topological polar surface area (TPSA) is 97.2 Å². The minimum atomic E-state index is -0.724. The summed E-state index contributed by atoms with van der Waals surface area (Å²) in [5.41, 5.74) is -0.724. The van der Waals surface area contributed by atoms with Crippen LogP contribution in [-0.2, 0) is 14.3 Å². The van der Waals surface area contributed by atoms with Gasteiger partial charge >= 0.3 is 6.03 Å². The first-order valence-corrected chi connectivity index (χ1v) is 6.43. The number of hydrogen-bond acceptors (Lipinski definition) is 4. The van der Waals surface area contributed by atoms with Crippen molar-refractivity contribution < 1.29 is 24.5 Å². The molecule has 0 saturated carbocycles. The first kappa shape index (κ1) is 14.2. The lowest BCUT2D eigenvalue weighted by Crippen LogP contribution is -2.48. The van der Waals surface area contributed by atoms with Gasteiger partial charge in [0, 0.05) is 0 Å². The van der Waals surface area contributed by atoms with Gasteiger partial charge < -0.3 is 19.8 Å². The van der Waals surface area contributed by atoms with E-state index >= 15 is 0 Å². The standard InChI is InChI=1S/C12H18N2O4.H2O/c1-3-12(2)10(15)13(4-8-6-17-8)11(16)14(12)5-9-7-18-9;/h8-9H,3-7H2,1-2H3;1H2. The summed E-state index contributed by atoms with van der Waals surface area (Å²) in [6, 6.07) is -0.199. The predicted molar refractivity (Wildman–Crippen MR) is 65.6 cm³/mol. The molecule has 108 valence electrons. The van der Waals surface area contributed by atoms with E-state index in [1.54, 1.807) is 4.90 Å². The summed E-state index contributed by atoms with van der Waals surface area (Å²) in [5.74, 6) is -0.105. The van der Waals surface area contributed by atoms with Crippen LogP contribution in [0, 0.1) is 0 Å². The van der Waals surface area contributed by atoms with Crippen molar-refractivity contribution in [3.05, 3.63) is 0 Å². The second-order valence-corrected chi connectivity index (χ2v) is 5.35. The van der Waals surface area contributed by atoms with Crippen LogP contribution in [0.25, 0.3) is 0 Å². The summed E-state index contributed by atoms with van der Waals surface area (Å²) in [7, 11) is 0. The number of carbonyl (C=O) groups is 2. The Kier molecular flexibility index (Phi) is 3.55. The van der Waals surface area contributed by atoms with Gasteiger partial charge in [0.25, 0.3) is 5.91 Å². The predicted octanol–water partition coefficient (Wildman–Crippen LogP) is -0.608. The molecule has 2 N–H and O–H groups in total. The normalized spacial score (nSPS) is 36.5. The lowest BCUT2D eigenvalue weighted by molar-refractivity contribution is -0.132. The molecule has 7 heteroatoms. The molecule has 3 heterocycles. The quantitative estimate of drug-likeness (QED) is 0.492. The SMILES string of the molecule is CCC1(C)C(=O)N(CC2CO2)C(=O)N1CC1CO1.O. The second kappa shape index (κ2) is 4.73. The summed E-state index contributed by atoms with van der Waals surface area (Å²) >= 11 is 0. The number of urea groups is 1. The van der Waals surface area contributed by atoms with Crippen molar-refractivity contribution in [1.29, 1.82) is 0 Å². The Labute approximate surface area is 111 Å². The number of nitrogens with zero attached hydrogens (tertiary/aromatic N) is 2. The first-order valence-electron chi connectivity index (χ1n) is 6.43. The van der Waals surface area contributed by atoms with E-state index in [2.05, 4.69) is 0 Å². The summed E-state index contributed by atoms with van der Waals surface area (Å²) in [6.45, 7) is 5.99. The van der Waals surface area contributed by atoms with Crippen LogP contribution in [0.15, 0.2) is 0 Å². The van der Waals surface area contributed by atoms with Crippen molar-refractivity contribution in [2.45, 2.75) is 38.0 Å². The number of imide groups is 1. The van der Waals surface area contributed by atoms with Crippen LogP contribution in [0.3, 0.4) is 0 Å². The summed E-state index contributed by atoms with van der Waals surface area (Å²) in [6.07, 6.45) is 0.757. The zero-order valence-corrected chi connectivity index (χ0v) is 11.2. The largest absolute Gasteiger partial charge is 0.412 e. The van der Waals surface area contributed by atoms with E-state index in [0.717, 1.165) is 0 Å². The molecule has 0 spiro atoms. The Morgan fingerprint density at radius 2 is 1.74 bits per heavy atom. The van der Waals surface area contributed by atoms with Crippen molar-refractivity contribution in [1.82, 2.24) is 9.80 Å². The Hall–Kier alpha value is -1.18. The van der Waals surface area contributed by atoms with Crippen molar-refractivity contribution in [2.24, 2.45) is 0 Å². The van der Waals surface area contributed by atoms with E-state index in [0.29, 0.717) is 32.7 Å². The molecule has 19 heavy (non-hydrogen) atoms. The zero-order valence-electron chi connectivity index (χ0n) is 11.2. The lowest BCUT2D eigenvalue weighted by atomic mass is 9.97. The Morgan fingerprint density at radius 1 is 1.21 bits per heavy atom. The smallest absolute Gasteiger partial charge is 0.327 e. The van der Waals surface area contributed by atoms with Gasteiger partial charge in [-0.25, -0.2) is 4.79 Å². The van der Waals surface area contributed by atoms with Gasteiger partial charge in [0.15, 0.2) is 0 Å². The molecule has 0 aromatic carbocycles. The third-order valence-corrected chi connectivity index (χ3v) is 4.03. The molecular weight excluding hydrogens is 252 g/mol. The zero-order chi connectivity index (χ0) is 12.9. The molecule has 0 aromatic heterocycles. The van der Waals surface area contributed by atoms with Gasteiger partial charge in [0.05, 0.1) is 38.5 Å². The fourth-order valence-corrected chi connectivity index (χ4v) is 2.39. The highest BCUT2D eigenvalue weighted by Gasteiger charge is 2.55. The van der Waals surface area contributed by atoms with Gasteiger partial charge in [-0.3, -0.25) is 9.69 Å². The van der Waals surface area contributed by atoms with Gasteiger partial charge in [-0.1, -0.05) is 6.92 Å². The highest BCUT2D eigenvalue weighted by molar-refractivity contribution is 6.06. The molecular formula is C12H20N2O5. The van der Waals surface area contributed by atoms with E-state index in [9.17, 15) is 9.59 Å². The van der Waals surface area contributed by atoms with Crippen LogP contribution in [-0.4, -0.2) is 71.3 Å². The van der Waals surface area contributed by atoms with E-state index in [4.69, 9.17) is 9.47 Å². The molecule has 3 rings (SSSR count). The first-order chi connectivity index (χ1) is 8.56.